The van der Waals surface area contributed by atoms with Crippen molar-refractivity contribution in [1.29, 1.82) is 0 Å². The van der Waals surface area contributed by atoms with Crippen LogP contribution < -0.4 is 10.9 Å². The van der Waals surface area contributed by atoms with Crippen molar-refractivity contribution in [3.8, 4) is 5.75 Å². The number of halogens is 3. The molecule has 0 aliphatic heterocycles. The number of nitrogens with zero attached hydrogens (tertiary/aromatic N) is 2. The van der Waals surface area contributed by atoms with Gasteiger partial charge in [0.2, 0.25) is 5.91 Å². The van der Waals surface area contributed by atoms with Gasteiger partial charge in [-0.25, -0.2) is 4.98 Å². The van der Waals surface area contributed by atoms with Crippen molar-refractivity contribution in [2.24, 2.45) is 0 Å². The lowest BCUT2D eigenvalue weighted by Crippen LogP contribution is -2.28. The van der Waals surface area contributed by atoms with Crippen LogP contribution in [0.5, 0.6) is 5.75 Å². The van der Waals surface area contributed by atoms with Gasteiger partial charge in [-0.1, -0.05) is 0 Å². The first-order chi connectivity index (χ1) is 10.3. The van der Waals surface area contributed by atoms with Gasteiger partial charge in [0.05, 0.1) is 5.56 Å². The number of hydrogen-bond donors (Lipinski definition) is 2. The Kier molecular flexibility index (Phi) is 4.15. The number of aromatic nitrogens is 2. The third kappa shape index (κ3) is 3.62. The number of alkyl halides is 3. The Labute approximate surface area is 121 Å². The van der Waals surface area contributed by atoms with Crippen molar-refractivity contribution in [2.45, 2.75) is 12.7 Å². The lowest BCUT2D eigenvalue weighted by molar-refractivity contribution is -0.138. The first-order valence-corrected chi connectivity index (χ1v) is 5.99. The van der Waals surface area contributed by atoms with Crippen LogP contribution in [0.3, 0.4) is 0 Å². The van der Waals surface area contributed by atoms with Crippen LogP contribution in [0.2, 0.25) is 0 Å². The topological polar surface area (TPSA) is 84.2 Å². The summed E-state index contributed by atoms with van der Waals surface area (Å²) in [5, 5.41) is 11.6. The molecular weight excluding hydrogens is 303 g/mol. The molecule has 0 unspecified atom stereocenters. The van der Waals surface area contributed by atoms with Gasteiger partial charge < -0.3 is 15.0 Å². The fraction of sp³-hybridized carbons (Fsp3) is 0.154. The van der Waals surface area contributed by atoms with Gasteiger partial charge in [-0.15, -0.1) is 0 Å². The van der Waals surface area contributed by atoms with E-state index >= 15 is 0 Å². The van der Waals surface area contributed by atoms with Gasteiger partial charge in [0.25, 0.3) is 5.56 Å². The molecule has 0 fully saturated rings. The van der Waals surface area contributed by atoms with Crippen LogP contribution in [0.25, 0.3) is 0 Å². The number of carbonyl (C=O) groups is 1. The summed E-state index contributed by atoms with van der Waals surface area (Å²) in [6.07, 6.45) is -2.75. The SMILES string of the molecule is O=C(Cn1cc(C(F)(F)F)ccc1=O)Nc1ncccc1O. The molecule has 0 radical (unpaired) electrons. The maximum absolute atomic E-state index is 12.6. The Morgan fingerprint density at radius 3 is 2.68 bits per heavy atom. The summed E-state index contributed by atoms with van der Waals surface area (Å²) in [6, 6.07) is 4.08. The largest absolute Gasteiger partial charge is 0.504 e. The van der Waals surface area contributed by atoms with E-state index in [1.807, 2.05) is 0 Å². The number of carbonyl (C=O) groups excluding carboxylic acids is 1. The van der Waals surface area contributed by atoms with Crippen LogP contribution in [0.15, 0.2) is 41.5 Å². The zero-order chi connectivity index (χ0) is 16.3. The minimum Gasteiger partial charge on any atom is -0.504 e. The van der Waals surface area contributed by atoms with Crippen molar-refractivity contribution >= 4 is 11.7 Å². The van der Waals surface area contributed by atoms with Gasteiger partial charge in [-0.05, 0) is 18.2 Å². The van der Waals surface area contributed by atoms with Crippen molar-refractivity contribution in [2.75, 3.05) is 5.32 Å². The van der Waals surface area contributed by atoms with Crippen LogP contribution in [-0.4, -0.2) is 20.6 Å². The summed E-state index contributed by atoms with van der Waals surface area (Å²) in [7, 11) is 0. The van der Waals surface area contributed by atoms with E-state index in [0.717, 1.165) is 6.07 Å². The summed E-state index contributed by atoms with van der Waals surface area (Å²) in [6.45, 7) is -0.640. The van der Waals surface area contributed by atoms with Crippen molar-refractivity contribution < 1.29 is 23.1 Å². The summed E-state index contributed by atoms with van der Waals surface area (Å²) < 4.78 is 38.4. The predicted octanol–water partition coefficient (Wildman–Crippen LogP) is 1.61. The fourth-order valence-corrected chi connectivity index (χ4v) is 1.64. The highest BCUT2D eigenvalue weighted by Crippen LogP contribution is 2.28. The molecule has 0 aliphatic carbocycles. The van der Waals surface area contributed by atoms with Crippen LogP contribution in [0.1, 0.15) is 5.56 Å². The molecule has 2 heterocycles. The zero-order valence-corrected chi connectivity index (χ0v) is 11.0. The molecule has 0 bridgehead atoms. The second-order valence-corrected chi connectivity index (χ2v) is 4.30. The maximum Gasteiger partial charge on any atom is 0.417 e. The predicted molar refractivity (Wildman–Crippen MR) is 70.2 cm³/mol. The number of hydrogen-bond acceptors (Lipinski definition) is 4. The molecule has 9 heteroatoms. The Morgan fingerprint density at radius 2 is 2.05 bits per heavy atom. The third-order valence-electron chi connectivity index (χ3n) is 2.67. The van der Waals surface area contributed by atoms with Crippen LogP contribution in [0.4, 0.5) is 19.0 Å². The summed E-state index contributed by atoms with van der Waals surface area (Å²) in [5.74, 6) is -1.24. The van der Waals surface area contributed by atoms with Gasteiger partial charge in [0.1, 0.15) is 6.54 Å². The molecule has 2 N–H and O–H groups in total. The molecule has 1 amide bonds. The average molecular weight is 313 g/mol. The first kappa shape index (κ1) is 15.5. The number of anilines is 1. The molecule has 2 aromatic rings. The molecular formula is C13H10F3N3O3. The minimum absolute atomic E-state index is 0.146. The van der Waals surface area contributed by atoms with Gasteiger partial charge in [-0.3, -0.25) is 9.59 Å². The fourth-order valence-electron chi connectivity index (χ4n) is 1.64. The van der Waals surface area contributed by atoms with Gasteiger partial charge >= 0.3 is 6.18 Å². The maximum atomic E-state index is 12.6. The van der Waals surface area contributed by atoms with E-state index in [4.69, 9.17) is 0 Å². The number of pyridine rings is 2. The molecule has 0 saturated carbocycles. The normalized spacial score (nSPS) is 11.2. The van der Waals surface area contributed by atoms with E-state index in [-0.39, 0.29) is 11.6 Å². The first-order valence-electron chi connectivity index (χ1n) is 5.99. The molecule has 6 nitrogen and oxygen atoms in total. The van der Waals surface area contributed by atoms with Crippen molar-refractivity contribution in [3.63, 3.8) is 0 Å². The zero-order valence-electron chi connectivity index (χ0n) is 11.0. The molecule has 22 heavy (non-hydrogen) atoms. The molecule has 0 spiro atoms. The van der Waals surface area contributed by atoms with E-state index in [2.05, 4.69) is 10.3 Å². The Morgan fingerprint density at radius 1 is 1.32 bits per heavy atom. The third-order valence-corrected chi connectivity index (χ3v) is 2.67. The molecule has 0 saturated heterocycles. The lowest BCUT2D eigenvalue weighted by Gasteiger charge is -2.11. The van der Waals surface area contributed by atoms with Crippen LogP contribution in [0, 0.1) is 0 Å². The number of aromatic hydroxyl groups is 1. The number of nitrogens with one attached hydrogen (secondary N) is 1. The van der Waals surface area contributed by atoms with E-state index in [9.17, 15) is 27.9 Å². The van der Waals surface area contributed by atoms with E-state index in [1.165, 1.54) is 18.3 Å². The molecule has 116 valence electrons. The Hall–Kier alpha value is -2.84. The summed E-state index contributed by atoms with van der Waals surface area (Å²) >= 11 is 0. The average Bonchev–Trinajstić information content (AvgIpc) is 2.42. The lowest BCUT2D eigenvalue weighted by atomic mass is 10.3. The molecule has 2 aromatic heterocycles. The van der Waals surface area contributed by atoms with Crippen LogP contribution in [-0.2, 0) is 17.5 Å². The van der Waals surface area contributed by atoms with E-state index in [1.54, 1.807) is 0 Å². The smallest absolute Gasteiger partial charge is 0.417 e. The van der Waals surface area contributed by atoms with Crippen LogP contribution >= 0.6 is 0 Å². The highest BCUT2D eigenvalue weighted by Gasteiger charge is 2.31. The van der Waals surface area contributed by atoms with Crippen molar-refractivity contribution in [1.82, 2.24) is 9.55 Å². The standard InChI is InChI=1S/C13H10F3N3O3/c14-13(15,16)8-3-4-11(22)19(6-8)7-10(21)18-12-9(20)2-1-5-17-12/h1-6,20H,7H2,(H,17,18,21). The van der Waals surface area contributed by atoms with Gasteiger partial charge in [0, 0.05) is 18.5 Å². The highest BCUT2D eigenvalue weighted by molar-refractivity contribution is 5.90. The van der Waals surface area contributed by atoms with Crippen molar-refractivity contribution in [3.05, 3.63) is 52.6 Å². The Balaban J connectivity index is 2.18. The minimum atomic E-state index is -4.62. The van der Waals surface area contributed by atoms with Gasteiger partial charge in [-0.2, -0.15) is 13.2 Å². The van der Waals surface area contributed by atoms with E-state index < -0.39 is 29.8 Å². The highest BCUT2D eigenvalue weighted by atomic mass is 19.4. The molecule has 0 aromatic carbocycles. The number of rotatable bonds is 3. The molecule has 0 aliphatic rings. The molecule has 2 rings (SSSR count). The number of amides is 1. The summed E-state index contributed by atoms with van der Waals surface area (Å²) in [4.78, 5) is 26.9. The second kappa shape index (κ2) is 5.88. The second-order valence-electron chi connectivity index (χ2n) is 4.30. The molecule has 0 atom stereocenters. The quantitative estimate of drug-likeness (QED) is 0.901. The summed E-state index contributed by atoms with van der Waals surface area (Å²) in [5.41, 5.74) is -1.80. The van der Waals surface area contributed by atoms with Gasteiger partial charge in [0.15, 0.2) is 11.6 Å². The Bertz CT molecular complexity index is 756. The van der Waals surface area contributed by atoms with E-state index in [0.29, 0.717) is 16.8 Å². The monoisotopic (exact) mass is 313 g/mol.